The van der Waals surface area contributed by atoms with E-state index < -0.39 is 9.84 Å². The normalized spacial score (nSPS) is 18.6. The Kier molecular flexibility index (Phi) is 7.55. The van der Waals surface area contributed by atoms with Gasteiger partial charge in [-0.15, -0.1) is 0 Å². The quantitative estimate of drug-likeness (QED) is 0.532. The van der Waals surface area contributed by atoms with Gasteiger partial charge in [-0.3, -0.25) is 4.99 Å². The number of sulfone groups is 1. The highest BCUT2D eigenvalue weighted by Gasteiger charge is 2.20. The summed E-state index contributed by atoms with van der Waals surface area (Å²) < 4.78 is 23.4. The summed E-state index contributed by atoms with van der Waals surface area (Å²) in [5.74, 6) is 0.0728. The zero-order valence-corrected chi connectivity index (χ0v) is 17.5. The number of hydrogen-bond donors (Lipinski definition) is 1. The van der Waals surface area contributed by atoms with Crippen LogP contribution in [0.5, 0.6) is 0 Å². The number of nitrogens with one attached hydrogen (secondary N) is 1. The van der Waals surface area contributed by atoms with Crippen LogP contribution in [0.1, 0.15) is 13.3 Å². The minimum absolute atomic E-state index is 0.0728. The smallest absolute Gasteiger partial charge is 0.175 e. The molecular formula is C19H23ClN2O2S2. The molecule has 0 saturated carbocycles. The Balaban J connectivity index is 2.33. The van der Waals surface area contributed by atoms with Gasteiger partial charge in [-0.1, -0.05) is 35.5 Å². The highest BCUT2D eigenvalue weighted by Crippen LogP contribution is 2.33. The molecule has 0 saturated heterocycles. The second-order valence-corrected chi connectivity index (χ2v) is 9.36. The van der Waals surface area contributed by atoms with Crippen molar-refractivity contribution in [3.05, 3.63) is 63.0 Å². The fourth-order valence-electron chi connectivity index (χ4n) is 2.54. The molecule has 1 aliphatic rings. The number of aliphatic imine (C=N–C) groups is 1. The fourth-order valence-corrected chi connectivity index (χ4v) is 4.40. The Labute approximate surface area is 165 Å². The number of allylic oxidation sites excluding steroid dienone is 4. The van der Waals surface area contributed by atoms with Gasteiger partial charge >= 0.3 is 0 Å². The van der Waals surface area contributed by atoms with Crippen molar-refractivity contribution in [2.24, 2.45) is 10.9 Å². The van der Waals surface area contributed by atoms with Crippen LogP contribution < -0.4 is 5.32 Å². The highest BCUT2D eigenvalue weighted by molar-refractivity contribution is 8.04. The number of hydrogen-bond acceptors (Lipinski definition) is 5. The average Bonchev–Trinajstić information content (AvgIpc) is 2.61. The number of benzene rings is 1. The van der Waals surface area contributed by atoms with Crippen LogP contribution >= 0.6 is 23.4 Å². The molecule has 1 aromatic carbocycles. The first-order valence-corrected chi connectivity index (χ1v) is 11.4. The van der Waals surface area contributed by atoms with E-state index in [-0.39, 0.29) is 5.92 Å². The summed E-state index contributed by atoms with van der Waals surface area (Å²) in [6.07, 6.45) is 9.12. The molecular weight excluding hydrogens is 388 g/mol. The molecule has 0 bridgehead atoms. The first-order chi connectivity index (χ1) is 12.3. The predicted molar refractivity (Wildman–Crippen MR) is 113 cm³/mol. The van der Waals surface area contributed by atoms with Crippen LogP contribution in [0.25, 0.3) is 0 Å². The van der Waals surface area contributed by atoms with E-state index in [9.17, 15) is 8.42 Å². The van der Waals surface area contributed by atoms with Crippen LogP contribution in [0.2, 0.25) is 5.02 Å². The molecule has 26 heavy (non-hydrogen) atoms. The van der Waals surface area contributed by atoms with E-state index in [2.05, 4.69) is 10.3 Å². The van der Waals surface area contributed by atoms with Gasteiger partial charge in [0.25, 0.3) is 0 Å². The molecule has 140 valence electrons. The molecule has 1 unspecified atom stereocenters. The Morgan fingerprint density at radius 3 is 2.58 bits per heavy atom. The Hall–Kier alpha value is -1.50. The summed E-state index contributed by atoms with van der Waals surface area (Å²) in [7, 11) is -1.30. The first kappa shape index (κ1) is 20.8. The molecule has 1 atom stereocenters. The Morgan fingerprint density at radius 2 is 2.08 bits per heavy atom. The lowest BCUT2D eigenvalue weighted by atomic mass is 9.96. The van der Waals surface area contributed by atoms with Gasteiger partial charge in [0.1, 0.15) is 0 Å². The summed E-state index contributed by atoms with van der Waals surface area (Å²) in [5.41, 5.74) is 1.02. The van der Waals surface area contributed by atoms with Crippen molar-refractivity contribution in [3.8, 4) is 0 Å². The highest BCUT2D eigenvalue weighted by atomic mass is 35.5. The maximum atomic E-state index is 11.7. The standard InChI is InChI=1S/C19H23ClN2O2S2/c1-4-22-13-18(25-16-9-7-15(20)8-10-16)19(21-2)14-5-11-17(12-6-14)26(3,23)24/h5,7-14,21H,4,6H2,1-3H3. The van der Waals surface area contributed by atoms with Crippen molar-refractivity contribution >= 4 is 39.4 Å². The second kappa shape index (κ2) is 9.44. The second-order valence-electron chi connectivity index (χ2n) is 5.79. The van der Waals surface area contributed by atoms with Gasteiger partial charge in [0.15, 0.2) is 9.84 Å². The van der Waals surface area contributed by atoms with Crippen LogP contribution in [0.4, 0.5) is 0 Å². The van der Waals surface area contributed by atoms with Gasteiger partial charge in [0.05, 0.1) is 4.91 Å². The van der Waals surface area contributed by atoms with E-state index >= 15 is 0 Å². The Bertz CT molecular complexity index is 854. The van der Waals surface area contributed by atoms with Crippen molar-refractivity contribution in [2.75, 3.05) is 19.8 Å². The topological polar surface area (TPSA) is 58.5 Å². The largest absolute Gasteiger partial charge is 0.390 e. The molecule has 1 aliphatic carbocycles. The first-order valence-electron chi connectivity index (χ1n) is 8.28. The zero-order valence-electron chi connectivity index (χ0n) is 15.1. The van der Waals surface area contributed by atoms with E-state index in [4.69, 9.17) is 11.6 Å². The minimum Gasteiger partial charge on any atom is -0.390 e. The number of nitrogens with zero attached hydrogens (tertiary/aromatic N) is 1. The number of halogens is 1. The van der Waals surface area contributed by atoms with Crippen LogP contribution in [0.15, 0.2) is 67.9 Å². The molecule has 7 heteroatoms. The minimum atomic E-state index is -3.17. The Morgan fingerprint density at radius 1 is 1.38 bits per heavy atom. The lowest BCUT2D eigenvalue weighted by molar-refractivity contribution is 0.607. The SMILES string of the molecule is CCN=CC(Sc1ccc(Cl)cc1)=C(NC)C1C=CC(S(C)(=O)=O)=CC1. The average molecular weight is 411 g/mol. The van der Waals surface area contributed by atoms with Crippen molar-refractivity contribution < 1.29 is 8.42 Å². The van der Waals surface area contributed by atoms with Gasteiger partial charge in [0.2, 0.25) is 0 Å². The molecule has 0 amide bonds. The third kappa shape index (κ3) is 5.76. The van der Waals surface area contributed by atoms with Crippen molar-refractivity contribution in [2.45, 2.75) is 18.2 Å². The maximum Gasteiger partial charge on any atom is 0.175 e. The lowest BCUT2D eigenvalue weighted by Crippen LogP contribution is -2.19. The van der Waals surface area contributed by atoms with Crippen LogP contribution in [-0.4, -0.2) is 34.5 Å². The summed E-state index contributed by atoms with van der Waals surface area (Å²) in [6, 6.07) is 7.66. The van der Waals surface area contributed by atoms with Crippen LogP contribution in [0.3, 0.4) is 0 Å². The summed E-state index contributed by atoms with van der Waals surface area (Å²) in [5, 5.41) is 3.98. The van der Waals surface area contributed by atoms with E-state index in [0.717, 1.165) is 15.5 Å². The zero-order chi connectivity index (χ0) is 19.2. The lowest BCUT2D eigenvalue weighted by Gasteiger charge is -2.21. The third-order valence-electron chi connectivity index (χ3n) is 3.83. The third-order valence-corrected chi connectivity index (χ3v) is 6.30. The molecule has 2 rings (SSSR count). The monoisotopic (exact) mass is 410 g/mol. The molecule has 1 aromatic rings. The number of thioether (sulfide) groups is 1. The van der Waals surface area contributed by atoms with Gasteiger partial charge in [0, 0.05) is 52.5 Å². The van der Waals surface area contributed by atoms with E-state index in [1.165, 1.54) is 6.26 Å². The van der Waals surface area contributed by atoms with Gasteiger partial charge < -0.3 is 5.32 Å². The van der Waals surface area contributed by atoms with Crippen LogP contribution in [-0.2, 0) is 9.84 Å². The van der Waals surface area contributed by atoms with E-state index in [1.807, 2.05) is 50.5 Å². The molecule has 0 aromatic heterocycles. The van der Waals surface area contributed by atoms with Crippen LogP contribution in [0, 0.1) is 5.92 Å². The predicted octanol–water partition coefficient (Wildman–Crippen LogP) is 4.46. The summed E-state index contributed by atoms with van der Waals surface area (Å²) >= 11 is 7.58. The summed E-state index contributed by atoms with van der Waals surface area (Å²) in [6.45, 7) is 2.68. The van der Waals surface area contributed by atoms with E-state index in [0.29, 0.717) is 22.9 Å². The molecule has 0 aliphatic heterocycles. The maximum absolute atomic E-state index is 11.7. The molecule has 0 radical (unpaired) electrons. The fraction of sp³-hybridized carbons (Fsp3) is 0.316. The molecule has 0 fully saturated rings. The molecule has 4 nitrogen and oxygen atoms in total. The van der Waals surface area contributed by atoms with Gasteiger partial charge in [-0.05, 0) is 43.7 Å². The van der Waals surface area contributed by atoms with Crippen molar-refractivity contribution in [3.63, 3.8) is 0 Å². The molecule has 1 N–H and O–H groups in total. The number of rotatable bonds is 7. The van der Waals surface area contributed by atoms with Crippen molar-refractivity contribution in [1.29, 1.82) is 0 Å². The molecule has 0 heterocycles. The van der Waals surface area contributed by atoms with Gasteiger partial charge in [-0.25, -0.2) is 8.42 Å². The van der Waals surface area contributed by atoms with Gasteiger partial charge in [-0.2, -0.15) is 0 Å². The molecule has 0 spiro atoms. The summed E-state index contributed by atoms with van der Waals surface area (Å²) in [4.78, 5) is 6.84. The van der Waals surface area contributed by atoms with E-state index in [1.54, 1.807) is 23.9 Å². The van der Waals surface area contributed by atoms with Crippen molar-refractivity contribution in [1.82, 2.24) is 5.32 Å².